The summed E-state index contributed by atoms with van der Waals surface area (Å²) in [5, 5.41) is 12.5. The number of ether oxygens (including phenoxy) is 2. The zero-order chi connectivity index (χ0) is 14.5. The van der Waals surface area contributed by atoms with Crippen LogP contribution in [0.3, 0.4) is 0 Å². The number of nitrogens with zero attached hydrogens (tertiary/aromatic N) is 1. The standard InChI is InChI=1S/C14H15NO5/c1-3-18-10-4-6-11(7-5-10)19-8-12-9(2)20-15-13(12)14(16)17/h4-7H,3,8H2,1-2H3,(H,16,17). The fourth-order valence-electron chi connectivity index (χ4n) is 1.68. The Bertz CT molecular complexity index is 588. The molecule has 1 aromatic carbocycles. The molecule has 0 aliphatic heterocycles. The number of aromatic nitrogens is 1. The molecule has 106 valence electrons. The number of hydrogen-bond donors (Lipinski definition) is 1. The number of carboxylic acid groups (broad SMARTS) is 1. The van der Waals surface area contributed by atoms with Crippen molar-refractivity contribution in [2.24, 2.45) is 0 Å². The summed E-state index contributed by atoms with van der Waals surface area (Å²) in [6.45, 7) is 4.25. The van der Waals surface area contributed by atoms with E-state index in [-0.39, 0.29) is 12.3 Å². The minimum atomic E-state index is -1.13. The molecule has 1 aromatic heterocycles. The Morgan fingerprint density at radius 1 is 1.25 bits per heavy atom. The Morgan fingerprint density at radius 3 is 2.40 bits per heavy atom. The van der Waals surface area contributed by atoms with Crippen LogP contribution in [0.1, 0.15) is 28.7 Å². The highest BCUT2D eigenvalue weighted by Gasteiger charge is 2.19. The van der Waals surface area contributed by atoms with Crippen molar-refractivity contribution in [2.45, 2.75) is 20.5 Å². The highest BCUT2D eigenvalue weighted by molar-refractivity contribution is 5.87. The summed E-state index contributed by atoms with van der Waals surface area (Å²) in [5.74, 6) is 0.679. The molecular formula is C14H15NO5. The van der Waals surface area contributed by atoms with Gasteiger partial charge in [0.1, 0.15) is 23.9 Å². The van der Waals surface area contributed by atoms with Gasteiger partial charge in [-0.25, -0.2) is 4.79 Å². The lowest BCUT2D eigenvalue weighted by atomic mass is 10.2. The van der Waals surface area contributed by atoms with Gasteiger partial charge >= 0.3 is 5.97 Å². The predicted octanol–water partition coefficient (Wildman–Crippen LogP) is 2.66. The monoisotopic (exact) mass is 277 g/mol. The molecule has 0 aliphatic carbocycles. The molecule has 1 heterocycles. The van der Waals surface area contributed by atoms with Gasteiger partial charge in [0.25, 0.3) is 0 Å². The number of hydrogen-bond acceptors (Lipinski definition) is 5. The third-order valence-corrected chi connectivity index (χ3v) is 2.71. The molecular weight excluding hydrogens is 262 g/mol. The van der Waals surface area contributed by atoms with Crippen molar-refractivity contribution < 1.29 is 23.9 Å². The normalized spacial score (nSPS) is 10.3. The molecule has 0 saturated heterocycles. The third kappa shape index (κ3) is 3.09. The first-order chi connectivity index (χ1) is 9.61. The lowest BCUT2D eigenvalue weighted by Crippen LogP contribution is -2.05. The maximum Gasteiger partial charge on any atom is 0.358 e. The lowest BCUT2D eigenvalue weighted by molar-refractivity contribution is 0.0683. The van der Waals surface area contributed by atoms with E-state index >= 15 is 0 Å². The van der Waals surface area contributed by atoms with E-state index in [0.717, 1.165) is 5.75 Å². The van der Waals surface area contributed by atoms with Gasteiger partial charge in [0.15, 0.2) is 5.69 Å². The summed E-state index contributed by atoms with van der Waals surface area (Å²) >= 11 is 0. The van der Waals surface area contributed by atoms with E-state index in [1.807, 2.05) is 6.92 Å². The fourth-order valence-corrected chi connectivity index (χ4v) is 1.68. The van der Waals surface area contributed by atoms with Gasteiger partial charge in [-0.3, -0.25) is 0 Å². The van der Waals surface area contributed by atoms with Crippen LogP contribution in [0.2, 0.25) is 0 Å². The molecule has 0 amide bonds. The minimum Gasteiger partial charge on any atom is -0.494 e. The third-order valence-electron chi connectivity index (χ3n) is 2.71. The zero-order valence-electron chi connectivity index (χ0n) is 11.3. The molecule has 0 fully saturated rings. The molecule has 20 heavy (non-hydrogen) atoms. The summed E-state index contributed by atoms with van der Waals surface area (Å²) in [5.41, 5.74) is 0.319. The van der Waals surface area contributed by atoms with Crippen LogP contribution >= 0.6 is 0 Å². The Balaban J connectivity index is 2.05. The number of rotatable bonds is 6. The fraction of sp³-hybridized carbons (Fsp3) is 0.286. The van der Waals surface area contributed by atoms with Gasteiger partial charge in [-0.05, 0) is 38.1 Å². The Hall–Kier alpha value is -2.50. The molecule has 1 N–H and O–H groups in total. The maximum absolute atomic E-state index is 11.0. The molecule has 0 radical (unpaired) electrons. The topological polar surface area (TPSA) is 81.8 Å². The number of benzene rings is 1. The van der Waals surface area contributed by atoms with Crippen LogP contribution in [0.25, 0.3) is 0 Å². The maximum atomic E-state index is 11.0. The van der Waals surface area contributed by atoms with Gasteiger partial charge in [-0.1, -0.05) is 5.16 Å². The van der Waals surface area contributed by atoms with Crippen LogP contribution < -0.4 is 9.47 Å². The Morgan fingerprint density at radius 2 is 1.85 bits per heavy atom. The summed E-state index contributed by atoms with van der Waals surface area (Å²) < 4.78 is 15.7. The van der Waals surface area contributed by atoms with Crippen molar-refractivity contribution in [1.29, 1.82) is 0 Å². The average Bonchev–Trinajstić information content (AvgIpc) is 2.80. The van der Waals surface area contributed by atoms with Crippen LogP contribution in [0.5, 0.6) is 11.5 Å². The second-order valence-corrected chi connectivity index (χ2v) is 4.06. The summed E-state index contributed by atoms with van der Waals surface area (Å²) in [4.78, 5) is 11.0. The number of aryl methyl sites for hydroxylation is 1. The van der Waals surface area contributed by atoms with Crippen molar-refractivity contribution >= 4 is 5.97 Å². The number of aromatic carboxylic acids is 1. The molecule has 0 bridgehead atoms. The average molecular weight is 277 g/mol. The van der Waals surface area contributed by atoms with Gasteiger partial charge in [-0.15, -0.1) is 0 Å². The van der Waals surface area contributed by atoms with Crippen LogP contribution in [0, 0.1) is 6.92 Å². The Kier molecular flexibility index (Phi) is 4.24. The SMILES string of the molecule is CCOc1ccc(OCc2c(C(=O)O)noc2C)cc1. The van der Waals surface area contributed by atoms with Crippen LogP contribution in [-0.4, -0.2) is 22.8 Å². The number of carboxylic acids is 1. The van der Waals surface area contributed by atoms with Gasteiger partial charge in [0, 0.05) is 0 Å². The van der Waals surface area contributed by atoms with Gasteiger partial charge in [-0.2, -0.15) is 0 Å². The second kappa shape index (κ2) is 6.10. The van der Waals surface area contributed by atoms with Crippen molar-refractivity contribution in [2.75, 3.05) is 6.61 Å². The molecule has 0 unspecified atom stereocenters. The molecule has 2 aromatic rings. The van der Waals surface area contributed by atoms with E-state index in [2.05, 4.69) is 5.16 Å². The van der Waals surface area contributed by atoms with Crippen LogP contribution in [-0.2, 0) is 6.61 Å². The molecule has 0 saturated carbocycles. The molecule has 6 heteroatoms. The van der Waals surface area contributed by atoms with Crippen molar-refractivity contribution in [3.05, 3.63) is 41.3 Å². The summed E-state index contributed by atoms with van der Waals surface area (Å²) in [7, 11) is 0. The van der Waals surface area contributed by atoms with Crippen molar-refractivity contribution in [3.8, 4) is 11.5 Å². The summed E-state index contributed by atoms with van der Waals surface area (Å²) in [6, 6.07) is 7.09. The highest BCUT2D eigenvalue weighted by atomic mass is 16.5. The first kappa shape index (κ1) is 13.9. The van der Waals surface area contributed by atoms with E-state index in [1.54, 1.807) is 31.2 Å². The predicted molar refractivity (Wildman–Crippen MR) is 70.1 cm³/mol. The van der Waals surface area contributed by atoms with E-state index in [4.69, 9.17) is 19.1 Å². The lowest BCUT2D eigenvalue weighted by Gasteiger charge is -2.07. The molecule has 0 aliphatic rings. The first-order valence-electron chi connectivity index (χ1n) is 6.16. The second-order valence-electron chi connectivity index (χ2n) is 4.06. The highest BCUT2D eigenvalue weighted by Crippen LogP contribution is 2.20. The first-order valence-corrected chi connectivity index (χ1v) is 6.16. The Labute approximate surface area is 115 Å². The van der Waals surface area contributed by atoms with E-state index in [9.17, 15) is 4.79 Å². The van der Waals surface area contributed by atoms with E-state index in [1.165, 1.54) is 0 Å². The summed E-state index contributed by atoms with van der Waals surface area (Å²) in [6.07, 6.45) is 0. The molecule has 0 spiro atoms. The van der Waals surface area contributed by atoms with E-state index in [0.29, 0.717) is 23.7 Å². The van der Waals surface area contributed by atoms with E-state index < -0.39 is 5.97 Å². The minimum absolute atomic E-state index is 0.0882. The van der Waals surface area contributed by atoms with Crippen molar-refractivity contribution in [3.63, 3.8) is 0 Å². The van der Waals surface area contributed by atoms with Gasteiger partial charge in [0.2, 0.25) is 0 Å². The quantitative estimate of drug-likeness (QED) is 0.874. The largest absolute Gasteiger partial charge is 0.494 e. The van der Waals surface area contributed by atoms with Crippen molar-refractivity contribution in [1.82, 2.24) is 5.16 Å². The van der Waals surface area contributed by atoms with Crippen LogP contribution in [0.15, 0.2) is 28.8 Å². The smallest absolute Gasteiger partial charge is 0.358 e. The van der Waals surface area contributed by atoms with Crippen LogP contribution in [0.4, 0.5) is 0 Å². The molecule has 6 nitrogen and oxygen atoms in total. The molecule has 0 atom stereocenters. The molecule has 2 rings (SSSR count). The number of carbonyl (C=O) groups is 1. The van der Waals surface area contributed by atoms with Gasteiger partial charge in [0.05, 0.1) is 12.2 Å². The van der Waals surface area contributed by atoms with Gasteiger partial charge < -0.3 is 19.1 Å². The zero-order valence-corrected chi connectivity index (χ0v) is 11.3.